The predicted octanol–water partition coefficient (Wildman–Crippen LogP) is 2.48. The molecule has 2 heterocycles. The lowest BCUT2D eigenvalue weighted by Gasteiger charge is -2.25. The molecule has 10 heteroatoms. The van der Waals surface area contributed by atoms with Gasteiger partial charge in [-0.2, -0.15) is 4.98 Å². The lowest BCUT2D eigenvalue weighted by Crippen LogP contribution is -2.25. The molecule has 0 bridgehead atoms. The van der Waals surface area contributed by atoms with Crippen molar-refractivity contribution in [2.45, 2.75) is 32.0 Å². The van der Waals surface area contributed by atoms with E-state index in [1.165, 1.54) is 0 Å². The lowest BCUT2D eigenvalue weighted by atomic mass is 10.2. The molecule has 1 saturated heterocycles. The van der Waals surface area contributed by atoms with Crippen LogP contribution in [0.5, 0.6) is 17.2 Å². The van der Waals surface area contributed by atoms with Crippen molar-refractivity contribution in [3.8, 4) is 17.2 Å². The number of nitrogens with two attached hydrogens (primary N) is 1. The SMILES string of the molecule is COc1cc(N(CCCOC2CCCCO2)c2n[nH]c(N)n2)cc(OC)c1OC. The number of aromatic amines is 1. The van der Waals surface area contributed by atoms with Crippen LogP contribution < -0.4 is 24.8 Å². The van der Waals surface area contributed by atoms with Crippen LogP contribution in [0.25, 0.3) is 0 Å². The number of hydrogen-bond acceptors (Lipinski definition) is 9. The molecule has 160 valence electrons. The molecule has 0 radical (unpaired) electrons. The van der Waals surface area contributed by atoms with Gasteiger partial charge in [-0.25, -0.2) is 5.10 Å². The van der Waals surface area contributed by atoms with Crippen molar-refractivity contribution in [2.24, 2.45) is 0 Å². The highest BCUT2D eigenvalue weighted by Gasteiger charge is 2.21. The number of rotatable bonds is 10. The Hall–Kier alpha value is -2.72. The maximum atomic E-state index is 5.85. The number of nitrogen functional groups attached to an aromatic ring is 1. The number of hydrogen-bond donors (Lipinski definition) is 2. The van der Waals surface area contributed by atoms with Crippen molar-refractivity contribution in [2.75, 3.05) is 51.7 Å². The van der Waals surface area contributed by atoms with E-state index in [4.69, 9.17) is 29.4 Å². The van der Waals surface area contributed by atoms with Crippen LogP contribution in [0.15, 0.2) is 12.1 Å². The fourth-order valence-corrected chi connectivity index (χ4v) is 3.23. The van der Waals surface area contributed by atoms with E-state index in [9.17, 15) is 0 Å². The summed E-state index contributed by atoms with van der Waals surface area (Å²) in [5, 5.41) is 6.88. The van der Waals surface area contributed by atoms with Crippen molar-refractivity contribution >= 4 is 17.6 Å². The first kappa shape index (κ1) is 21.0. The topological polar surface area (TPSA) is 117 Å². The number of anilines is 3. The van der Waals surface area contributed by atoms with Gasteiger partial charge in [0.25, 0.3) is 5.95 Å². The maximum Gasteiger partial charge on any atom is 0.250 e. The van der Waals surface area contributed by atoms with Gasteiger partial charge in [-0.05, 0) is 25.7 Å². The van der Waals surface area contributed by atoms with E-state index in [-0.39, 0.29) is 12.2 Å². The molecule has 1 fully saturated rings. The predicted molar refractivity (Wildman–Crippen MR) is 108 cm³/mol. The molecular formula is C19H29N5O5. The van der Waals surface area contributed by atoms with E-state index < -0.39 is 0 Å². The Bertz CT molecular complexity index is 753. The van der Waals surface area contributed by atoms with Gasteiger partial charge in [0, 0.05) is 25.3 Å². The third-order valence-corrected chi connectivity index (χ3v) is 4.66. The van der Waals surface area contributed by atoms with E-state index in [1.54, 1.807) is 21.3 Å². The standard InChI is InChI=1S/C19H29N5O5/c1-25-14-11-13(12-15(26-2)17(14)27-3)24(19-21-18(20)22-23-19)8-6-10-29-16-7-4-5-9-28-16/h11-12,16H,4-10H2,1-3H3,(H3,20,21,22,23). The molecule has 3 N–H and O–H groups in total. The number of nitrogens with one attached hydrogen (secondary N) is 1. The Balaban J connectivity index is 1.76. The van der Waals surface area contributed by atoms with Gasteiger partial charge in [0.15, 0.2) is 17.8 Å². The third-order valence-electron chi connectivity index (χ3n) is 4.66. The molecule has 1 atom stereocenters. The van der Waals surface area contributed by atoms with E-state index in [0.29, 0.717) is 36.3 Å². The smallest absolute Gasteiger partial charge is 0.250 e. The van der Waals surface area contributed by atoms with Crippen molar-refractivity contribution in [3.63, 3.8) is 0 Å². The van der Waals surface area contributed by atoms with E-state index in [0.717, 1.165) is 38.0 Å². The highest BCUT2D eigenvalue weighted by Crippen LogP contribution is 2.42. The molecule has 1 aliphatic heterocycles. The number of methoxy groups -OCH3 is 3. The Kier molecular flexibility index (Phi) is 7.36. The van der Waals surface area contributed by atoms with Crippen molar-refractivity contribution < 1.29 is 23.7 Å². The van der Waals surface area contributed by atoms with Crippen LogP contribution >= 0.6 is 0 Å². The molecule has 1 aromatic carbocycles. The van der Waals surface area contributed by atoms with Crippen LogP contribution in [0.3, 0.4) is 0 Å². The molecule has 0 amide bonds. The van der Waals surface area contributed by atoms with E-state index in [2.05, 4.69) is 15.2 Å². The second kappa shape index (κ2) is 10.2. The number of benzene rings is 1. The monoisotopic (exact) mass is 407 g/mol. The number of ether oxygens (including phenoxy) is 5. The van der Waals surface area contributed by atoms with Gasteiger partial charge >= 0.3 is 0 Å². The summed E-state index contributed by atoms with van der Waals surface area (Å²) in [5.74, 6) is 2.30. The van der Waals surface area contributed by atoms with Gasteiger partial charge in [-0.1, -0.05) is 0 Å². The minimum absolute atomic E-state index is 0.113. The average Bonchev–Trinajstić information content (AvgIpc) is 3.19. The zero-order valence-electron chi connectivity index (χ0n) is 17.1. The largest absolute Gasteiger partial charge is 0.493 e. The fourth-order valence-electron chi connectivity index (χ4n) is 3.23. The van der Waals surface area contributed by atoms with Gasteiger partial charge in [-0.3, -0.25) is 0 Å². The molecule has 10 nitrogen and oxygen atoms in total. The van der Waals surface area contributed by atoms with Crippen LogP contribution in [0, 0.1) is 0 Å². The highest BCUT2D eigenvalue weighted by molar-refractivity contribution is 5.67. The van der Waals surface area contributed by atoms with Gasteiger partial charge < -0.3 is 34.3 Å². The summed E-state index contributed by atoms with van der Waals surface area (Å²) in [5.41, 5.74) is 6.52. The molecule has 29 heavy (non-hydrogen) atoms. The lowest BCUT2D eigenvalue weighted by molar-refractivity contribution is -0.162. The van der Waals surface area contributed by atoms with Crippen LogP contribution in [0.2, 0.25) is 0 Å². The molecule has 0 aliphatic carbocycles. The van der Waals surface area contributed by atoms with Crippen LogP contribution in [0.1, 0.15) is 25.7 Å². The summed E-state index contributed by atoms with van der Waals surface area (Å²) in [4.78, 5) is 6.19. The summed E-state index contributed by atoms with van der Waals surface area (Å²) < 4.78 is 27.8. The van der Waals surface area contributed by atoms with Crippen LogP contribution in [-0.2, 0) is 9.47 Å². The second-order valence-corrected chi connectivity index (χ2v) is 6.58. The Morgan fingerprint density at radius 2 is 1.93 bits per heavy atom. The normalized spacial score (nSPS) is 16.4. The van der Waals surface area contributed by atoms with Crippen molar-refractivity contribution in [3.05, 3.63) is 12.1 Å². The molecule has 1 aliphatic rings. The quantitative estimate of drug-likeness (QED) is 0.573. The summed E-state index contributed by atoms with van der Waals surface area (Å²) >= 11 is 0. The van der Waals surface area contributed by atoms with Crippen molar-refractivity contribution in [1.82, 2.24) is 15.2 Å². The van der Waals surface area contributed by atoms with Gasteiger partial charge in [-0.15, -0.1) is 5.10 Å². The maximum absolute atomic E-state index is 5.85. The molecule has 3 rings (SSSR count). The number of H-pyrrole nitrogens is 1. The van der Waals surface area contributed by atoms with E-state index in [1.807, 2.05) is 17.0 Å². The highest BCUT2D eigenvalue weighted by atomic mass is 16.7. The molecular weight excluding hydrogens is 378 g/mol. The van der Waals surface area contributed by atoms with Crippen LogP contribution in [-0.4, -0.2) is 62.6 Å². The number of nitrogens with zero attached hydrogens (tertiary/aromatic N) is 3. The molecule has 0 saturated carbocycles. The first-order valence-corrected chi connectivity index (χ1v) is 9.65. The van der Waals surface area contributed by atoms with Crippen molar-refractivity contribution in [1.29, 1.82) is 0 Å². The molecule has 1 unspecified atom stereocenters. The minimum Gasteiger partial charge on any atom is -0.493 e. The second-order valence-electron chi connectivity index (χ2n) is 6.58. The fraction of sp³-hybridized carbons (Fsp3) is 0.579. The van der Waals surface area contributed by atoms with Crippen LogP contribution in [0.4, 0.5) is 17.6 Å². The van der Waals surface area contributed by atoms with E-state index >= 15 is 0 Å². The minimum atomic E-state index is -0.113. The Morgan fingerprint density at radius 1 is 1.17 bits per heavy atom. The average molecular weight is 407 g/mol. The summed E-state index contributed by atoms with van der Waals surface area (Å²) in [6.45, 7) is 1.92. The summed E-state index contributed by atoms with van der Waals surface area (Å²) in [6.07, 6.45) is 3.80. The Labute approximate surface area is 170 Å². The zero-order chi connectivity index (χ0) is 20.6. The molecule has 2 aromatic rings. The molecule has 1 aromatic heterocycles. The summed E-state index contributed by atoms with van der Waals surface area (Å²) in [7, 11) is 4.72. The Morgan fingerprint density at radius 3 is 2.48 bits per heavy atom. The number of aromatic nitrogens is 3. The van der Waals surface area contributed by atoms with Gasteiger partial charge in [0.1, 0.15) is 0 Å². The third kappa shape index (κ3) is 5.21. The molecule has 0 spiro atoms. The first-order chi connectivity index (χ1) is 14.2. The summed E-state index contributed by atoms with van der Waals surface area (Å²) in [6, 6.07) is 3.69. The zero-order valence-corrected chi connectivity index (χ0v) is 17.1. The van der Waals surface area contributed by atoms with Gasteiger partial charge in [0.05, 0.1) is 33.6 Å². The van der Waals surface area contributed by atoms with Gasteiger partial charge in [0.2, 0.25) is 11.7 Å². The first-order valence-electron chi connectivity index (χ1n) is 9.65.